The van der Waals surface area contributed by atoms with Gasteiger partial charge >= 0.3 is 0 Å². The van der Waals surface area contributed by atoms with E-state index in [4.69, 9.17) is 23.2 Å². The van der Waals surface area contributed by atoms with Crippen molar-refractivity contribution in [2.24, 2.45) is 0 Å². The summed E-state index contributed by atoms with van der Waals surface area (Å²) in [5.41, 5.74) is 3.75. The first-order valence-corrected chi connectivity index (χ1v) is 13.1. The molecule has 3 aromatic carbocycles. The van der Waals surface area contributed by atoms with Crippen LogP contribution in [0, 0.1) is 0 Å². The fourth-order valence-corrected chi connectivity index (χ4v) is 5.44. The van der Waals surface area contributed by atoms with E-state index in [9.17, 15) is 0 Å². The van der Waals surface area contributed by atoms with Gasteiger partial charge < -0.3 is 9.80 Å². The summed E-state index contributed by atoms with van der Waals surface area (Å²) < 4.78 is 0. The highest BCUT2D eigenvalue weighted by atomic mass is 35.5. The standard InChI is InChI=1S/C29H35Cl2N3/c1-23-21-32(22-24(2)33(23)19-16-25-14-15-28(30)29(31)20-25)17-9-18-34(26-10-5-3-6-11-26)27-12-7-4-8-13-27/h3-8,10-15,20,23-24H,9,16-19,21-22H2,1-2H3/t23-,24+. The summed E-state index contributed by atoms with van der Waals surface area (Å²) in [6.45, 7) is 10.1. The number of hydrogen-bond donors (Lipinski definition) is 0. The molecule has 0 aliphatic carbocycles. The molecule has 34 heavy (non-hydrogen) atoms. The average Bonchev–Trinajstić information content (AvgIpc) is 2.84. The smallest absolute Gasteiger partial charge is 0.0595 e. The number of anilines is 2. The fraction of sp³-hybridized carbons (Fsp3) is 0.379. The number of para-hydroxylation sites is 2. The van der Waals surface area contributed by atoms with Gasteiger partial charge in [-0.1, -0.05) is 65.7 Å². The highest BCUT2D eigenvalue weighted by Gasteiger charge is 2.28. The topological polar surface area (TPSA) is 9.72 Å². The molecule has 0 aromatic heterocycles. The van der Waals surface area contributed by atoms with Crippen LogP contribution in [-0.4, -0.2) is 54.6 Å². The van der Waals surface area contributed by atoms with E-state index < -0.39 is 0 Å². The zero-order valence-electron chi connectivity index (χ0n) is 20.2. The molecule has 3 nitrogen and oxygen atoms in total. The maximum atomic E-state index is 6.21. The van der Waals surface area contributed by atoms with Gasteiger partial charge in [-0.05, 0) is 75.2 Å². The Bertz CT molecular complexity index is 977. The lowest BCUT2D eigenvalue weighted by Crippen LogP contribution is -2.57. The van der Waals surface area contributed by atoms with Gasteiger partial charge in [-0.15, -0.1) is 0 Å². The van der Waals surface area contributed by atoms with Gasteiger partial charge in [-0.25, -0.2) is 0 Å². The predicted molar refractivity (Wildman–Crippen MR) is 147 cm³/mol. The Morgan fingerprint density at radius 1 is 0.765 bits per heavy atom. The van der Waals surface area contributed by atoms with Gasteiger partial charge in [0.25, 0.3) is 0 Å². The van der Waals surface area contributed by atoms with Crippen LogP contribution in [-0.2, 0) is 6.42 Å². The average molecular weight is 497 g/mol. The van der Waals surface area contributed by atoms with Crippen LogP contribution in [0.5, 0.6) is 0 Å². The molecule has 1 aliphatic rings. The molecule has 0 bridgehead atoms. The van der Waals surface area contributed by atoms with E-state index in [0.29, 0.717) is 22.1 Å². The van der Waals surface area contributed by atoms with E-state index in [1.54, 1.807) is 0 Å². The lowest BCUT2D eigenvalue weighted by atomic mass is 10.1. The number of halogens is 2. The molecule has 1 heterocycles. The van der Waals surface area contributed by atoms with Crippen LogP contribution < -0.4 is 4.90 Å². The van der Waals surface area contributed by atoms with Crippen LogP contribution in [0.3, 0.4) is 0 Å². The van der Waals surface area contributed by atoms with E-state index in [-0.39, 0.29) is 0 Å². The van der Waals surface area contributed by atoms with Crippen molar-refractivity contribution in [2.45, 2.75) is 38.8 Å². The molecule has 180 valence electrons. The normalized spacial score (nSPS) is 19.3. The molecule has 0 spiro atoms. The van der Waals surface area contributed by atoms with Crippen LogP contribution >= 0.6 is 23.2 Å². The van der Waals surface area contributed by atoms with Crippen LogP contribution in [0.4, 0.5) is 11.4 Å². The van der Waals surface area contributed by atoms with E-state index >= 15 is 0 Å². The Morgan fingerprint density at radius 2 is 1.35 bits per heavy atom. The van der Waals surface area contributed by atoms with Crippen molar-refractivity contribution in [3.63, 3.8) is 0 Å². The zero-order chi connectivity index (χ0) is 23.9. The van der Waals surface area contributed by atoms with Crippen LogP contribution in [0.2, 0.25) is 10.0 Å². The SMILES string of the molecule is C[C@@H]1CN(CCCN(c2ccccc2)c2ccccc2)C[C@H](C)N1CCc1ccc(Cl)c(Cl)c1. The van der Waals surface area contributed by atoms with Gasteiger partial charge in [0.1, 0.15) is 0 Å². The first-order chi connectivity index (χ1) is 16.5. The molecule has 4 rings (SSSR count). The second-order valence-corrected chi connectivity index (χ2v) is 10.2. The number of hydrogen-bond acceptors (Lipinski definition) is 3. The third-order valence-corrected chi connectivity index (χ3v) is 7.55. The minimum Gasteiger partial charge on any atom is -0.341 e. The molecular formula is C29H35Cl2N3. The summed E-state index contributed by atoms with van der Waals surface area (Å²) in [5, 5.41) is 1.27. The molecule has 0 N–H and O–H groups in total. The molecule has 0 saturated carbocycles. The van der Waals surface area contributed by atoms with Crippen LogP contribution in [0.15, 0.2) is 78.9 Å². The first kappa shape index (κ1) is 25.1. The predicted octanol–water partition coefficient (Wildman–Crippen LogP) is 7.16. The number of piperazine rings is 1. The Kier molecular flexibility index (Phi) is 8.91. The third-order valence-electron chi connectivity index (χ3n) is 6.81. The second-order valence-electron chi connectivity index (χ2n) is 9.37. The number of rotatable bonds is 9. The van der Waals surface area contributed by atoms with Crippen molar-refractivity contribution in [3.05, 3.63) is 94.5 Å². The van der Waals surface area contributed by atoms with Gasteiger partial charge in [-0.2, -0.15) is 0 Å². The Hall–Kier alpha value is -2.04. The Balaban J connectivity index is 1.30. The second kappa shape index (κ2) is 12.1. The van der Waals surface area contributed by atoms with Crippen molar-refractivity contribution >= 4 is 34.6 Å². The third kappa shape index (κ3) is 6.55. The van der Waals surface area contributed by atoms with Crippen LogP contribution in [0.1, 0.15) is 25.8 Å². The molecule has 0 radical (unpaired) electrons. The van der Waals surface area contributed by atoms with Gasteiger partial charge in [0.05, 0.1) is 10.0 Å². The molecule has 0 unspecified atom stereocenters. The van der Waals surface area contributed by atoms with E-state index in [2.05, 4.69) is 95.3 Å². The summed E-state index contributed by atoms with van der Waals surface area (Å²) in [5.74, 6) is 0. The van der Waals surface area contributed by atoms with Gasteiger partial charge in [0.15, 0.2) is 0 Å². The summed E-state index contributed by atoms with van der Waals surface area (Å²) in [4.78, 5) is 7.71. The quantitative estimate of drug-likeness (QED) is 0.311. The van der Waals surface area contributed by atoms with Gasteiger partial charge in [0.2, 0.25) is 0 Å². The highest BCUT2D eigenvalue weighted by Crippen LogP contribution is 2.26. The zero-order valence-corrected chi connectivity index (χ0v) is 21.7. The maximum Gasteiger partial charge on any atom is 0.0595 e. The van der Waals surface area contributed by atoms with Gasteiger partial charge in [0, 0.05) is 49.6 Å². The van der Waals surface area contributed by atoms with E-state index in [1.807, 2.05) is 12.1 Å². The Labute approximate surface area is 214 Å². The molecular weight excluding hydrogens is 461 g/mol. The molecule has 1 fully saturated rings. The molecule has 1 saturated heterocycles. The minimum absolute atomic E-state index is 0.533. The molecule has 2 atom stereocenters. The van der Waals surface area contributed by atoms with E-state index in [1.165, 1.54) is 16.9 Å². The first-order valence-electron chi connectivity index (χ1n) is 12.3. The number of nitrogens with zero attached hydrogens (tertiary/aromatic N) is 3. The molecule has 1 aliphatic heterocycles. The molecule has 3 aromatic rings. The van der Waals surface area contributed by atoms with Crippen molar-refractivity contribution in [3.8, 4) is 0 Å². The van der Waals surface area contributed by atoms with Crippen molar-refractivity contribution in [1.29, 1.82) is 0 Å². The minimum atomic E-state index is 0.533. The largest absolute Gasteiger partial charge is 0.341 e. The summed E-state index contributed by atoms with van der Waals surface area (Å²) in [6, 6.07) is 28.5. The summed E-state index contributed by atoms with van der Waals surface area (Å²) >= 11 is 12.3. The number of benzene rings is 3. The maximum absolute atomic E-state index is 6.21. The lowest BCUT2D eigenvalue weighted by molar-refractivity contribution is 0.0397. The summed E-state index contributed by atoms with van der Waals surface area (Å²) in [6.07, 6.45) is 2.13. The Morgan fingerprint density at radius 3 is 1.91 bits per heavy atom. The van der Waals surface area contributed by atoms with Crippen molar-refractivity contribution in [2.75, 3.05) is 37.6 Å². The van der Waals surface area contributed by atoms with E-state index in [0.717, 1.165) is 45.6 Å². The van der Waals surface area contributed by atoms with Crippen LogP contribution in [0.25, 0.3) is 0 Å². The monoisotopic (exact) mass is 495 g/mol. The highest BCUT2D eigenvalue weighted by molar-refractivity contribution is 6.42. The van der Waals surface area contributed by atoms with Crippen molar-refractivity contribution < 1.29 is 0 Å². The fourth-order valence-electron chi connectivity index (χ4n) is 5.12. The molecule has 5 heteroatoms. The summed E-state index contributed by atoms with van der Waals surface area (Å²) in [7, 11) is 0. The van der Waals surface area contributed by atoms with Crippen molar-refractivity contribution in [1.82, 2.24) is 9.80 Å². The lowest BCUT2D eigenvalue weighted by Gasteiger charge is -2.44. The van der Waals surface area contributed by atoms with Gasteiger partial charge in [-0.3, -0.25) is 4.90 Å². The molecule has 0 amide bonds.